The highest BCUT2D eigenvalue weighted by atomic mass is 32.2. The van der Waals surface area contributed by atoms with Gasteiger partial charge in [0, 0.05) is 33.8 Å². The number of nitrogens with two attached hydrogens (primary N) is 1. The molecule has 4 heterocycles. The van der Waals surface area contributed by atoms with Gasteiger partial charge in [0.2, 0.25) is 10.0 Å². The smallest absolute Gasteiger partial charge is 0.475 e. The topological polar surface area (TPSA) is 169 Å². The zero-order chi connectivity index (χ0) is 31.3. The third-order valence-electron chi connectivity index (χ3n) is 6.46. The van der Waals surface area contributed by atoms with Gasteiger partial charge in [0.1, 0.15) is 12.7 Å². The minimum atomic E-state index is -5.08. The molecule has 3 aliphatic rings. The van der Waals surface area contributed by atoms with E-state index >= 15 is 0 Å². The first-order valence-corrected chi connectivity index (χ1v) is 13.0. The highest BCUT2D eigenvalue weighted by Crippen LogP contribution is 2.46. The molecule has 1 aromatic carbocycles. The largest absolute Gasteiger partial charge is 0.490 e. The fourth-order valence-corrected chi connectivity index (χ4v) is 6.09. The first kappa shape index (κ1) is 24.4. The molecule has 1 aliphatic carbocycles. The van der Waals surface area contributed by atoms with Crippen LogP contribution < -0.4 is 10.5 Å². The quantitative estimate of drug-likeness (QED) is 0.398. The van der Waals surface area contributed by atoms with Crippen LogP contribution in [0.2, 0.25) is 0 Å². The van der Waals surface area contributed by atoms with Crippen LogP contribution in [0.1, 0.15) is 36.4 Å². The summed E-state index contributed by atoms with van der Waals surface area (Å²) in [4.78, 5) is 23.6. The number of aromatic nitrogens is 5. The van der Waals surface area contributed by atoms with Crippen molar-refractivity contribution in [2.45, 2.75) is 62.2 Å². The van der Waals surface area contributed by atoms with E-state index < -0.39 is 34.6 Å². The summed E-state index contributed by atoms with van der Waals surface area (Å²) in [5.41, 5.74) is 5.67. The van der Waals surface area contributed by atoms with Gasteiger partial charge in [-0.2, -0.15) is 23.0 Å². The number of aliphatic carboxylic acids is 1. The fourth-order valence-electron chi connectivity index (χ4n) is 4.66. The third-order valence-corrected chi connectivity index (χ3v) is 8.03. The molecule has 0 spiro atoms. The van der Waals surface area contributed by atoms with Gasteiger partial charge < -0.3 is 10.8 Å². The van der Waals surface area contributed by atoms with Crippen molar-refractivity contribution in [1.29, 1.82) is 0 Å². The number of carbonyl (C=O) groups is 1. The van der Waals surface area contributed by atoms with Gasteiger partial charge in [-0.25, -0.2) is 32.9 Å². The first-order chi connectivity index (χ1) is 19.3. The average Bonchev–Trinajstić information content (AvgIpc) is 3.59. The average molecular weight is 572 g/mol. The number of hydrogen-bond acceptors (Lipinski definition) is 9. The van der Waals surface area contributed by atoms with Crippen molar-refractivity contribution in [2.24, 2.45) is 0 Å². The lowest BCUT2D eigenvalue weighted by Gasteiger charge is -2.38. The van der Waals surface area contributed by atoms with Crippen LogP contribution in [-0.2, 0) is 14.8 Å². The number of carboxylic acids is 1. The van der Waals surface area contributed by atoms with Crippen LogP contribution >= 0.6 is 0 Å². The molecular formula is C23H27F3N8O4S. The second-order valence-electron chi connectivity index (χ2n) is 9.53. The lowest BCUT2D eigenvalue weighted by molar-refractivity contribution is -0.192. The summed E-state index contributed by atoms with van der Waals surface area (Å²) in [6.45, 7) is 2.35. The zero-order valence-electron chi connectivity index (χ0n) is 23.7. The third kappa shape index (κ3) is 5.86. The summed E-state index contributed by atoms with van der Waals surface area (Å²) >= 11 is 0. The Morgan fingerprint density at radius 3 is 2.56 bits per heavy atom. The van der Waals surface area contributed by atoms with E-state index in [1.165, 1.54) is 41.7 Å². The summed E-state index contributed by atoms with van der Waals surface area (Å²) in [5, 5.41) is 11.1. The number of sulfonamides is 1. The zero-order valence-corrected chi connectivity index (χ0v) is 21.5. The Morgan fingerprint density at radius 1 is 1.33 bits per heavy atom. The number of anilines is 1. The molecule has 16 heteroatoms. The fraction of sp³-hybridized carbons (Fsp3) is 0.435. The standard InChI is InChI=1S/C21H26N8O2S.C2HF3O2/c1-13(2)28-10-21(7-15(28)8-21)27-32(30,31)16-5-4-14(3)17(6-16)18-9-24-19(22)20(26-18)29-12-23-11-25-29;3-2(4,5)1(6)7/h4-6,9,11-13,15,27H,7-8,10H2,1-3H3,(H2,22,24);(H,6,7)/i3D3;. The first-order valence-electron chi connectivity index (χ1n) is 13.1. The van der Waals surface area contributed by atoms with Crippen molar-refractivity contribution in [2.75, 3.05) is 12.3 Å². The van der Waals surface area contributed by atoms with E-state index in [4.69, 9.17) is 19.7 Å². The molecule has 2 bridgehead atoms. The highest BCUT2D eigenvalue weighted by Gasteiger charge is 2.57. The number of fused-ring (bicyclic) bond motifs is 1. The molecule has 6 rings (SSSR count). The molecule has 1 saturated carbocycles. The Bertz CT molecular complexity index is 1580. The van der Waals surface area contributed by atoms with Crippen LogP contribution in [0, 0.1) is 6.85 Å². The number of nitrogens with one attached hydrogen (secondary N) is 1. The number of benzene rings is 1. The van der Waals surface area contributed by atoms with Crippen LogP contribution in [0.15, 0.2) is 41.9 Å². The van der Waals surface area contributed by atoms with Crippen LogP contribution in [0.5, 0.6) is 0 Å². The van der Waals surface area contributed by atoms with E-state index in [9.17, 15) is 21.6 Å². The number of alkyl halides is 3. The molecule has 4 N–H and O–H groups in total. The van der Waals surface area contributed by atoms with E-state index in [0.717, 1.165) is 12.8 Å². The van der Waals surface area contributed by atoms with E-state index in [2.05, 4.69) is 43.5 Å². The summed E-state index contributed by atoms with van der Waals surface area (Å²) in [6.07, 6.45) is 0.433. The molecule has 0 radical (unpaired) electrons. The Labute approximate surface area is 226 Å². The normalized spacial score (nSPS) is 22.3. The van der Waals surface area contributed by atoms with Crippen molar-refractivity contribution in [3.8, 4) is 17.1 Å². The van der Waals surface area contributed by atoms with E-state index in [1.807, 2.05) is 0 Å². The predicted octanol–water partition coefficient (Wildman–Crippen LogP) is 2.15. The Hall–Kier alpha value is -3.63. The van der Waals surface area contributed by atoms with Crippen molar-refractivity contribution in [1.82, 2.24) is 34.4 Å². The van der Waals surface area contributed by atoms with E-state index in [1.54, 1.807) is 0 Å². The Morgan fingerprint density at radius 2 is 2.03 bits per heavy atom. The number of aryl methyl sites for hydroxylation is 1. The molecule has 3 fully saturated rings. The van der Waals surface area contributed by atoms with E-state index in [-0.39, 0.29) is 33.4 Å². The number of nitrogens with zero attached hydrogens (tertiary/aromatic N) is 6. The van der Waals surface area contributed by atoms with Crippen LogP contribution in [0.4, 0.5) is 19.0 Å². The van der Waals surface area contributed by atoms with Crippen molar-refractivity contribution in [3.63, 3.8) is 0 Å². The molecule has 12 nitrogen and oxygen atoms in total. The maximum atomic E-state index is 13.4. The molecule has 2 saturated heterocycles. The molecule has 0 unspecified atom stereocenters. The number of carboxylic acid groups (broad SMARTS) is 1. The summed E-state index contributed by atoms with van der Waals surface area (Å²) in [6, 6.07) is 4.67. The lowest BCUT2D eigenvalue weighted by atomic mass is 9.79. The molecular weight excluding hydrogens is 541 g/mol. The molecule has 39 heavy (non-hydrogen) atoms. The SMILES string of the molecule is O=C(O)C(F)(F)F.[2H]C([2H])([2H])c1ccc(S(=O)(=O)NC23CC(C2)N(C(C)C)C3)cc1-c1cnc(N)c(-n2cncn2)n1. The van der Waals surface area contributed by atoms with Gasteiger partial charge in [-0.05, 0) is 51.2 Å². The van der Waals surface area contributed by atoms with Gasteiger partial charge >= 0.3 is 12.1 Å². The summed E-state index contributed by atoms with van der Waals surface area (Å²) in [7, 11) is -3.93. The van der Waals surface area contributed by atoms with Crippen molar-refractivity contribution < 1.29 is 35.6 Å². The lowest BCUT2D eigenvalue weighted by Crippen LogP contribution is -2.54. The summed E-state index contributed by atoms with van der Waals surface area (Å²) in [5.74, 6) is -2.54. The summed E-state index contributed by atoms with van der Waals surface area (Å²) < 4.78 is 86.6. The number of hydrogen-bond donors (Lipinski definition) is 3. The number of rotatable bonds is 6. The Balaban J connectivity index is 0.000000517. The molecule has 0 amide bonds. The maximum absolute atomic E-state index is 13.4. The molecule has 2 aliphatic heterocycles. The van der Waals surface area contributed by atoms with Gasteiger partial charge in [-0.1, -0.05) is 6.07 Å². The van der Waals surface area contributed by atoms with Gasteiger partial charge in [0.15, 0.2) is 11.6 Å². The van der Waals surface area contributed by atoms with Crippen LogP contribution in [0.25, 0.3) is 17.1 Å². The minimum Gasteiger partial charge on any atom is -0.475 e. The Kier molecular flexibility index (Phi) is 6.36. The van der Waals surface area contributed by atoms with Crippen molar-refractivity contribution in [3.05, 3.63) is 42.6 Å². The predicted molar refractivity (Wildman–Crippen MR) is 133 cm³/mol. The molecule has 3 aromatic rings. The number of nitrogen functional groups attached to an aromatic ring is 1. The second kappa shape index (κ2) is 10.2. The molecule has 2 aromatic heterocycles. The van der Waals surface area contributed by atoms with E-state index in [0.29, 0.717) is 18.6 Å². The van der Waals surface area contributed by atoms with Crippen molar-refractivity contribution >= 4 is 21.8 Å². The molecule has 0 atom stereocenters. The van der Waals surface area contributed by atoms with Crippen LogP contribution in [-0.4, -0.2) is 79.5 Å². The van der Waals surface area contributed by atoms with Gasteiger partial charge in [-0.3, -0.25) is 4.90 Å². The van der Waals surface area contributed by atoms with Gasteiger partial charge in [-0.15, -0.1) is 0 Å². The minimum absolute atomic E-state index is 0.0396. The maximum Gasteiger partial charge on any atom is 0.490 e. The second-order valence-corrected chi connectivity index (χ2v) is 11.2. The van der Waals surface area contributed by atoms with Gasteiger partial charge in [0.25, 0.3) is 0 Å². The van der Waals surface area contributed by atoms with Gasteiger partial charge in [0.05, 0.1) is 16.8 Å². The van der Waals surface area contributed by atoms with Crippen LogP contribution in [0.3, 0.4) is 0 Å². The number of halogens is 3. The molecule has 210 valence electrons. The highest BCUT2D eigenvalue weighted by molar-refractivity contribution is 7.89. The monoisotopic (exact) mass is 571 g/mol.